The monoisotopic (exact) mass is 275 g/mol. The summed E-state index contributed by atoms with van der Waals surface area (Å²) in [5.41, 5.74) is 8.80. The lowest BCUT2D eigenvalue weighted by Crippen LogP contribution is -2.47. The molecule has 1 aliphatic carbocycles. The molecule has 20 heavy (non-hydrogen) atoms. The molecule has 0 radical (unpaired) electrons. The second kappa shape index (κ2) is 6.40. The van der Waals surface area contributed by atoms with Crippen LogP contribution >= 0.6 is 0 Å². The molecule has 3 heteroatoms. The largest absolute Gasteiger partial charge is 0.469 e. The van der Waals surface area contributed by atoms with E-state index < -0.39 is 0 Å². The van der Waals surface area contributed by atoms with Crippen LogP contribution in [0, 0.1) is 0 Å². The first-order valence-electron chi connectivity index (χ1n) is 7.55. The van der Waals surface area contributed by atoms with Gasteiger partial charge < -0.3 is 10.5 Å². The van der Waals surface area contributed by atoms with Crippen LogP contribution in [-0.2, 0) is 21.4 Å². The molecule has 0 saturated carbocycles. The Morgan fingerprint density at radius 2 is 2.15 bits per heavy atom. The van der Waals surface area contributed by atoms with Gasteiger partial charge >= 0.3 is 5.97 Å². The van der Waals surface area contributed by atoms with Crippen LogP contribution in [0.2, 0.25) is 0 Å². The summed E-state index contributed by atoms with van der Waals surface area (Å²) in [6.07, 6.45) is 5.57. The van der Waals surface area contributed by atoms with E-state index in [-0.39, 0.29) is 17.4 Å². The Balaban J connectivity index is 2.51. The lowest BCUT2D eigenvalue weighted by molar-refractivity contribution is -0.142. The third-order valence-corrected chi connectivity index (χ3v) is 4.71. The Morgan fingerprint density at radius 1 is 1.40 bits per heavy atom. The number of methoxy groups -OCH3 is 1. The Hall–Kier alpha value is -1.35. The fourth-order valence-corrected chi connectivity index (χ4v) is 3.53. The number of rotatable bonds is 4. The van der Waals surface area contributed by atoms with Crippen molar-refractivity contribution < 1.29 is 9.53 Å². The number of fused-ring (bicyclic) bond motifs is 1. The molecule has 1 aromatic carbocycles. The van der Waals surface area contributed by atoms with Crippen LogP contribution in [0.3, 0.4) is 0 Å². The summed E-state index contributed by atoms with van der Waals surface area (Å²) in [6, 6.07) is 8.44. The van der Waals surface area contributed by atoms with Crippen LogP contribution in [0.5, 0.6) is 0 Å². The zero-order chi connectivity index (χ0) is 14.6. The molecule has 0 heterocycles. The summed E-state index contributed by atoms with van der Waals surface area (Å²) in [6.45, 7) is 2.09. The second-order valence-electron chi connectivity index (χ2n) is 5.79. The maximum Gasteiger partial charge on any atom is 0.306 e. The number of benzene rings is 1. The van der Waals surface area contributed by atoms with Crippen molar-refractivity contribution in [2.24, 2.45) is 5.73 Å². The maximum absolute atomic E-state index is 11.9. The molecule has 110 valence electrons. The predicted molar refractivity (Wildman–Crippen MR) is 80.6 cm³/mol. The molecule has 0 aromatic heterocycles. The van der Waals surface area contributed by atoms with Crippen LogP contribution in [0.4, 0.5) is 0 Å². The number of ether oxygens (including phenoxy) is 1. The number of carbonyl (C=O) groups excluding carboxylic acids is 1. The van der Waals surface area contributed by atoms with Crippen molar-refractivity contribution in [3.63, 3.8) is 0 Å². The van der Waals surface area contributed by atoms with E-state index in [9.17, 15) is 4.79 Å². The minimum absolute atomic E-state index is 0.0131. The highest BCUT2D eigenvalue weighted by Crippen LogP contribution is 2.42. The Bertz CT molecular complexity index is 472. The first kappa shape index (κ1) is 15.0. The third kappa shape index (κ3) is 2.73. The van der Waals surface area contributed by atoms with E-state index in [1.807, 2.05) is 0 Å². The zero-order valence-corrected chi connectivity index (χ0v) is 12.5. The number of carbonyl (C=O) groups is 1. The van der Waals surface area contributed by atoms with E-state index in [0.29, 0.717) is 6.42 Å². The summed E-state index contributed by atoms with van der Waals surface area (Å²) in [5, 5.41) is 0. The molecule has 0 aliphatic heterocycles. The van der Waals surface area contributed by atoms with Gasteiger partial charge in [0, 0.05) is 11.5 Å². The van der Waals surface area contributed by atoms with Crippen molar-refractivity contribution >= 4 is 5.97 Å². The lowest BCUT2D eigenvalue weighted by Gasteiger charge is -2.39. The van der Waals surface area contributed by atoms with Gasteiger partial charge in [-0.3, -0.25) is 4.79 Å². The van der Waals surface area contributed by atoms with Gasteiger partial charge in [0.15, 0.2) is 0 Å². The van der Waals surface area contributed by atoms with Crippen LogP contribution in [0.1, 0.15) is 50.2 Å². The number of hydrogen-bond acceptors (Lipinski definition) is 3. The van der Waals surface area contributed by atoms with Crippen molar-refractivity contribution in [1.82, 2.24) is 0 Å². The van der Waals surface area contributed by atoms with Crippen molar-refractivity contribution in [3.05, 3.63) is 35.4 Å². The molecule has 2 rings (SSSR count). The van der Waals surface area contributed by atoms with Gasteiger partial charge in [-0.05, 0) is 36.8 Å². The van der Waals surface area contributed by atoms with Crippen LogP contribution in [-0.4, -0.2) is 19.1 Å². The van der Waals surface area contributed by atoms with E-state index in [1.165, 1.54) is 18.2 Å². The molecule has 0 saturated heterocycles. The predicted octanol–water partition coefficient (Wildman–Crippen LogP) is 2.95. The summed E-state index contributed by atoms with van der Waals surface area (Å²) < 4.78 is 4.93. The molecule has 1 aliphatic rings. The van der Waals surface area contributed by atoms with Gasteiger partial charge in [0.05, 0.1) is 13.5 Å². The molecular formula is C17H25NO2. The summed E-state index contributed by atoms with van der Waals surface area (Å²) in [4.78, 5) is 11.9. The quantitative estimate of drug-likeness (QED) is 0.679. The smallest absolute Gasteiger partial charge is 0.306 e. The number of esters is 1. The van der Waals surface area contributed by atoms with E-state index in [4.69, 9.17) is 10.5 Å². The third-order valence-electron chi connectivity index (χ3n) is 4.71. The van der Waals surface area contributed by atoms with Crippen molar-refractivity contribution in [1.29, 1.82) is 0 Å². The molecule has 2 atom stereocenters. The van der Waals surface area contributed by atoms with E-state index in [0.717, 1.165) is 32.1 Å². The van der Waals surface area contributed by atoms with Crippen LogP contribution < -0.4 is 5.73 Å². The molecule has 2 unspecified atom stereocenters. The van der Waals surface area contributed by atoms with Gasteiger partial charge in [0.1, 0.15) is 0 Å². The highest BCUT2D eigenvalue weighted by Gasteiger charge is 2.41. The van der Waals surface area contributed by atoms with Crippen molar-refractivity contribution in [3.8, 4) is 0 Å². The summed E-state index contributed by atoms with van der Waals surface area (Å²) >= 11 is 0. The minimum Gasteiger partial charge on any atom is -0.469 e. The lowest BCUT2D eigenvalue weighted by atomic mass is 9.67. The Kier molecular flexibility index (Phi) is 4.81. The Morgan fingerprint density at radius 3 is 2.85 bits per heavy atom. The second-order valence-corrected chi connectivity index (χ2v) is 5.79. The minimum atomic E-state index is -0.269. The van der Waals surface area contributed by atoms with Crippen molar-refractivity contribution in [2.75, 3.05) is 7.11 Å². The maximum atomic E-state index is 11.9. The average molecular weight is 275 g/mol. The first-order valence-corrected chi connectivity index (χ1v) is 7.55. The number of nitrogens with two attached hydrogens (primary N) is 1. The highest BCUT2D eigenvalue weighted by atomic mass is 16.5. The zero-order valence-electron chi connectivity index (χ0n) is 12.5. The SMILES string of the molecule is CCC(N)C1(CC(=O)OC)CCCCc2ccccc21. The summed E-state index contributed by atoms with van der Waals surface area (Å²) in [7, 11) is 1.45. The average Bonchev–Trinajstić information content (AvgIpc) is 2.67. The van der Waals surface area contributed by atoms with Crippen LogP contribution in [0.25, 0.3) is 0 Å². The molecular weight excluding hydrogens is 250 g/mol. The Labute approximate surface area is 121 Å². The normalized spacial score (nSPS) is 23.6. The van der Waals surface area contributed by atoms with Gasteiger partial charge in [-0.15, -0.1) is 0 Å². The van der Waals surface area contributed by atoms with Gasteiger partial charge in [-0.2, -0.15) is 0 Å². The molecule has 2 N–H and O–H groups in total. The molecule has 0 amide bonds. The number of aryl methyl sites for hydroxylation is 1. The highest BCUT2D eigenvalue weighted by molar-refractivity contribution is 5.72. The fourth-order valence-electron chi connectivity index (χ4n) is 3.53. The van der Waals surface area contributed by atoms with E-state index >= 15 is 0 Å². The van der Waals surface area contributed by atoms with Gasteiger partial charge in [-0.25, -0.2) is 0 Å². The van der Waals surface area contributed by atoms with E-state index in [2.05, 4.69) is 31.2 Å². The molecule has 1 aromatic rings. The molecule has 0 bridgehead atoms. The first-order chi connectivity index (χ1) is 9.64. The summed E-state index contributed by atoms with van der Waals surface area (Å²) in [5.74, 6) is -0.161. The van der Waals surface area contributed by atoms with Gasteiger partial charge in [0.25, 0.3) is 0 Å². The molecule has 3 nitrogen and oxygen atoms in total. The molecule has 0 spiro atoms. The van der Waals surface area contributed by atoms with Crippen LogP contribution in [0.15, 0.2) is 24.3 Å². The molecule has 0 fully saturated rings. The number of hydrogen-bond donors (Lipinski definition) is 1. The topological polar surface area (TPSA) is 52.3 Å². The van der Waals surface area contributed by atoms with E-state index in [1.54, 1.807) is 0 Å². The standard InChI is InChI=1S/C17H25NO2/c1-3-15(18)17(12-16(19)20-2)11-7-6-9-13-8-4-5-10-14(13)17/h4-5,8,10,15H,3,6-7,9,11-12,18H2,1-2H3. The van der Waals surface area contributed by atoms with Gasteiger partial charge in [-0.1, -0.05) is 37.6 Å². The fraction of sp³-hybridized carbons (Fsp3) is 0.588. The van der Waals surface area contributed by atoms with Gasteiger partial charge in [0.2, 0.25) is 0 Å². The van der Waals surface area contributed by atoms with Crippen molar-refractivity contribution in [2.45, 2.75) is 56.9 Å².